The normalized spacial score (nSPS) is 11.6. The average molecular weight is 252 g/mol. The van der Waals surface area contributed by atoms with Crippen LogP contribution >= 0.6 is 0 Å². The highest BCUT2D eigenvalue weighted by Crippen LogP contribution is 2.36. The summed E-state index contributed by atoms with van der Waals surface area (Å²) in [5.41, 5.74) is -0.149. The van der Waals surface area contributed by atoms with Crippen molar-refractivity contribution in [3.8, 4) is 5.75 Å². The summed E-state index contributed by atoms with van der Waals surface area (Å²) in [5.74, 6) is -0.358. The number of aromatic hydroxyl groups is 1. The molecule has 0 saturated heterocycles. The zero-order chi connectivity index (χ0) is 12.6. The van der Waals surface area contributed by atoms with E-state index in [1.165, 1.54) is 30.3 Å². The summed E-state index contributed by atoms with van der Waals surface area (Å²) in [7, 11) is -3.89. The van der Waals surface area contributed by atoms with Crippen molar-refractivity contribution in [3.63, 3.8) is 0 Å². The van der Waals surface area contributed by atoms with Crippen LogP contribution < -0.4 is 5.14 Å². The number of sulfonamides is 1. The van der Waals surface area contributed by atoms with E-state index in [0.717, 1.165) is 0 Å². The first kappa shape index (κ1) is 11.5. The topological polar surface area (TPSA) is 110 Å². The Labute approximate surface area is 96.7 Å². The first-order valence-corrected chi connectivity index (χ1v) is 6.10. The van der Waals surface area contributed by atoms with Gasteiger partial charge in [0, 0.05) is 10.8 Å². The monoisotopic (exact) mass is 252 g/mol. The van der Waals surface area contributed by atoms with Crippen molar-refractivity contribution in [1.82, 2.24) is 0 Å². The molecule has 6 nitrogen and oxygen atoms in total. The highest BCUT2D eigenvalue weighted by atomic mass is 32.2. The highest BCUT2D eigenvalue weighted by molar-refractivity contribution is 7.89. The second kappa shape index (κ2) is 3.79. The molecule has 0 heterocycles. The fourth-order valence-corrected chi connectivity index (χ4v) is 2.38. The molecule has 3 N–H and O–H groups in total. The lowest BCUT2D eigenvalue weighted by Gasteiger charge is -2.06. The van der Waals surface area contributed by atoms with Crippen LogP contribution in [0.3, 0.4) is 0 Å². The number of nitroso groups, excluding NO2 is 1. The van der Waals surface area contributed by atoms with Gasteiger partial charge in [0.1, 0.15) is 5.69 Å². The number of fused-ring (bicyclic) bond motifs is 1. The van der Waals surface area contributed by atoms with Gasteiger partial charge in [0.25, 0.3) is 0 Å². The molecule has 0 radical (unpaired) electrons. The van der Waals surface area contributed by atoms with Crippen molar-refractivity contribution in [3.05, 3.63) is 35.2 Å². The Balaban J connectivity index is 2.94. The van der Waals surface area contributed by atoms with Gasteiger partial charge in [-0.25, -0.2) is 13.6 Å². The Bertz CT molecular complexity index is 710. The zero-order valence-electron chi connectivity index (χ0n) is 8.49. The molecule has 0 spiro atoms. The van der Waals surface area contributed by atoms with Crippen LogP contribution in [0.5, 0.6) is 5.75 Å². The fraction of sp³-hybridized carbons (Fsp3) is 0. The van der Waals surface area contributed by atoms with Crippen LogP contribution in [0, 0.1) is 4.91 Å². The smallest absolute Gasteiger partial charge is 0.238 e. The van der Waals surface area contributed by atoms with Crippen LogP contribution in [-0.2, 0) is 10.0 Å². The fourth-order valence-electron chi connectivity index (χ4n) is 1.62. The standard InChI is InChI=1S/C10H8N2O4S/c11-17(15,16)9-3-1-2-7-6(9)4-5-8(12-14)10(7)13/h1-5,13H,(H2,11,15,16). The van der Waals surface area contributed by atoms with Gasteiger partial charge in [0.2, 0.25) is 10.0 Å². The second-order valence-corrected chi connectivity index (χ2v) is 4.95. The predicted octanol–water partition coefficient (Wildman–Crippen LogP) is 1.59. The van der Waals surface area contributed by atoms with E-state index in [2.05, 4.69) is 5.18 Å². The highest BCUT2D eigenvalue weighted by Gasteiger charge is 2.15. The predicted molar refractivity (Wildman–Crippen MR) is 62.4 cm³/mol. The van der Waals surface area contributed by atoms with Crippen molar-refractivity contribution < 1.29 is 13.5 Å². The zero-order valence-corrected chi connectivity index (χ0v) is 9.31. The molecule has 0 fully saturated rings. The molecule has 2 aromatic carbocycles. The number of phenolic OH excluding ortho intramolecular Hbond substituents is 1. The van der Waals surface area contributed by atoms with Crippen molar-refractivity contribution in [1.29, 1.82) is 0 Å². The number of primary sulfonamides is 1. The van der Waals surface area contributed by atoms with Crippen LogP contribution in [0.2, 0.25) is 0 Å². The number of hydrogen-bond acceptors (Lipinski definition) is 5. The summed E-state index contributed by atoms with van der Waals surface area (Å²) >= 11 is 0. The summed E-state index contributed by atoms with van der Waals surface area (Å²) in [5, 5.41) is 17.9. The van der Waals surface area contributed by atoms with Crippen LogP contribution in [0.1, 0.15) is 0 Å². The Morgan fingerprint density at radius 1 is 1.12 bits per heavy atom. The van der Waals surface area contributed by atoms with Gasteiger partial charge in [-0.2, -0.15) is 0 Å². The molecule has 0 aliphatic rings. The van der Waals surface area contributed by atoms with E-state index in [1.54, 1.807) is 0 Å². The third-order valence-corrected chi connectivity index (χ3v) is 3.35. The number of nitrogens with zero attached hydrogens (tertiary/aromatic N) is 1. The molecule has 0 atom stereocenters. The molecule has 0 saturated carbocycles. The average Bonchev–Trinajstić information content (AvgIpc) is 2.28. The maximum atomic E-state index is 11.3. The summed E-state index contributed by atoms with van der Waals surface area (Å²) in [6, 6.07) is 6.85. The number of nitrogens with two attached hydrogens (primary N) is 1. The Kier molecular flexibility index (Phi) is 2.56. The number of hydrogen-bond donors (Lipinski definition) is 2. The largest absolute Gasteiger partial charge is 0.505 e. The minimum absolute atomic E-state index is 0.109. The number of phenols is 1. The van der Waals surface area contributed by atoms with Gasteiger partial charge in [0.05, 0.1) is 4.90 Å². The van der Waals surface area contributed by atoms with Crippen molar-refractivity contribution >= 4 is 26.5 Å². The van der Waals surface area contributed by atoms with Gasteiger partial charge in [0.15, 0.2) is 5.75 Å². The second-order valence-electron chi connectivity index (χ2n) is 3.42. The molecule has 2 rings (SSSR count). The van der Waals surface area contributed by atoms with Crippen LogP contribution in [0.25, 0.3) is 10.8 Å². The van der Waals surface area contributed by atoms with E-state index in [-0.39, 0.29) is 27.1 Å². The van der Waals surface area contributed by atoms with E-state index in [9.17, 15) is 18.4 Å². The van der Waals surface area contributed by atoms with Crippen LogP contribution in [0.4, 0.5) is 5.69 Å². The maximum absolute atomic E-state index is 11.3. The summed E-state index contributed by atoms with van der Waals surface area (Å²) < 4.78 is 22.6. The van der Waals surface area contributed by atoms with Gasteiger partial charge in [-0.3, -0.25) is 0 Å². The Hall–Kier alpha value is -1.99. The molecule has 0 aliphatic heterocycles. The van der Waals surface area contributed by atoms with Gasteiger partial charge in [-0.05, 0) is 17.3 Å². The van der Waals surface area contributed by atoms with E-state index in [0.29, 0.717) is 0 Å². The van der Waals surface area contributed by atoms with E-state index >= 15 is 0 Å². The minimum Gasteiger partial charge on any atom is -0.505 e. The quantitative estimate of drug-likeness (QED) is 0.790. The van der Waals surface area contributed by atoms with Gasteiger partial charge in [-0.1, -0.05) is 18.2 Å². The van der Waals surface area contributed by atoms with Crippen molar-refractivity contribution in [2.45, 2.75) is 4.90 Å². The van der Waals surface area contributed by atoms with Crippen molar-refractivity contribution in [2.75, 3.05) is 0 Å². The first-order valence-electron chi connectivity index (χ1n) is 4.56. The molecule has 2 aromatic rings. The van der Waals surface area contributed by atoms with Gasteiger partial charge in [-0.15, -0.1) is 4.91 Å². The summed E-state index contributed by atoms with van der Waals surface area (Å²) in [6.07, 6.45) is 0. The molecule has 17 heavy (non-hydrogen) atoms. The molecular weight excluding hydrogens is 244 g/mol. The van der Waals surface area contributed by atoms with E-state index in [4.69, 9.17) is 5.14 Å². The molecular formula is C10H8N2O4S. The lowest BCUT2D eigenvalue weighted by molar-refractivity contribution is 0.483. The Morgan fingerprint density at radius 2 is 1.82 bits per heavy atom. The summed E-state index contributed by atoms with van der Waals surface area (Å²) in [4.78, 5) is 10.3. The molecule has 0 unspecified atom stereocenters. The van der Waals surface area contributed by atoms with Crippen LogP contribution in [0.15, 0.2) is 40.4 Å². The lowest BCUT2D eigenvalue weighted by atomic mass is 10.1. The van der Waals surface area contributed by atoms with Gasteiger partial charge < -0.3 is 5.11 Å². The molecule has 7 heteroatoms. The molecule has 88 valence electrons. The third-order valence-electron chi connectivity index (χ3n) is 2.38. The minimum atomic E-state index is -3.89. The number of benzene rings is 2. The van der Waals surface area contributed by atoms with Gasteiger partial charge >= 0.3 is 0 Å². The molecule has 0 bridgehead atoms. The maximum Gasteiger partial charge on any atom is 0.238 e. The van der Waals surface area contributed by atoms with E-state index in [1.807, 2.05) is 0 Å². The first-order chi connectivity index (χ1) is 7.95. The number of rotatable bonds is 2. The SMILES string of the molecule is NS(=O)(=O)c1cccc2c(O)c(N=O)ccc12. The summed E-state index contributed by atoms with van der Waals surface area (Å²) in [6.45, 7) is 0. The third kappa shape index (κ3) is 1.85. The van der Waals surface area contributed by atoms with E-state index < -0.39 is 10.0 Å². The molecule has 0 aliphatic carbocycles. The van der Waals surface area contributed by atoms with Crippen molar-refractivity contribution in [2.24, 2.45) is 10.3 Å². The van der Waals surface area contributed by atoms with Crippen LogP contribution in [-0.4, -0.2) is 13.5 Å². The molecule has 0 aromatic heterocycles. The Morgan fingerprint density at radius 3 is 2.41 bits per heavy atom. The molecule has 0 amide bonds. The lowest BCUT2D eigenvalue weighted by Crippen LogP contribution is -2.12.